The van der Waals surface area contributed by atoms with Crippen molar-refractivity contribution in [2.45, 2.75) is 13.5 Å². The minimum absolute atomic E-state index is 0.0315. The molecule has 1 fully saturated rings. The van der Waals surface area contributed by atoms with E-state index in [9.17, 15) is 4.79 Å². The SMILES string of the molecule is COC[C@@H]1CN(c2cnccn2)C[C@H]1C(=O)NCc1cn[nH]c1C. The van der Waals surface area contributed by atoms with Crippen LogP contribution in [0.15, 0.2) is 24.8 Å². The second kappa shape index (κ2) is 7.39. The van der Waals surface area contributed by atoms with Crippen molar-refractivity contribution < 1.29 is 9.53 Å². The number of hydrogen-bond acceptors (Lipinski definition) is 6. The Morgan fingerprint density at radius 2 is 2.29 bits per heavy atom. The second-order valence-electron chi connectivity index (χ2n) is 6.03. The molecule has 8 heteroatoms. The molecule has 2 N–H and O–H groups in total. The number of carbonyl (C=O) groups is 1. The monoisotopic (exact) mass is 330 g/mol. The summed E-state index contributed by atoms with van der Waals surface area (Å²) in [7, 11) is 1.66. The summed E-state index contributed by atoms with van der Waals surface area (Å²) in [6.45, 7) is 4.30. The number of aromatic nitrogens is 4. The summed E-state index contributed by atoms with van der Waals surface area (Å²) in [5.41, 5.74) is 1.96. The lowest BCUT2D eigenvalue weighted by atomic mass is 9.96. The molecule has 0 unspecified atom stereocenters. The van der Waals surface area contributed by atoms with Crippen LogP contribution in [-0.2, 0) is 16.1 Å². The number of rotatable bonds is 6. The van der Waals surface area contributed by atoms with Crippen LogP contribution in [0.4, 0.5) is 5.82 Å². The molecule has 0 radical (unpaired) electrons. The van der Waals surface area contributed by atoms with Gasteiger partial charge in [0.05, 0.1) is 24.9 Å². The first kappa shape index (κ1) is 16.4. The van der Waals surface area contributed by atoms with Crippen LogP contribution in [0.1, 0.15) is 11.3 Å². The predicted molar refractivity (Wildman–Crippen MR) is 88.3 cm³/mol. The highest BCUT2D eigenvalue weighted by Gasteiger charge is 2.38. The fourth-order valence-electron chi connectivity index (χ4n) is 3.06. The number of aryl methyl sites for hydroxylation is 1. The summed E-state index contributed by atoms with van der Waals surface area (Å²) in [4.78, 5) is 23.2. The Bertz CT molecular complexity index is 674. The van der Waals surface area contributed by atoms with Gasteiger partial charge in [0.2, 0.25) is 5.91 Å². The molecule has 3 rings (SSSR count). The number of hydrogen-bond donors (Lipinski definition) is 2. The Labute approximate surface area is 140 Å². The van der Waals surface area contributed by atoms with Crippen LogP contribution in [-0.4, -0.2) is 52.9 Å². The second-order valence-corrected chi connectivity index (χ2v) is 6.03. The number of amides is 1. The van der Waals surface area contributed by atoms with Gasteiger partial charge in [-0.1, -0.05) is 0 Å². The van der Waals surface area contributed by atoms with Crippen molar-refractivity contribution in [1.29, 1.82) is 0 Å². The van der Waals surface area contributed by atoms with E-state index in [1.165, 1.54) is 0 Å². The first-order valence-electron chi connectivity index (χ1n) is 7.95. The quantitative estimate of drug-likeness (QED) is 0.802. The maximum atomic E-state index is 12.7. The molecule has 3 heterocycles. The van der Waals surface area contributed by atoms with Crippen molar-refractivity contribution >= 4 is 11.7 Å². The van der Waals surface area contributed by atoms with Crippen molar-refractivity contribution in [3.05, 3.63) is 36.0 Å². The van der Waals surface area contributed by atoms with E-state index in [4.69, 9.17) is 4.74 Å². The minimum atomic E-state index is -0.140. The van der Waals surface area contributed by atoms with E-state index in [0.29, 0.717) is 19.7 Å². The van der Waals surface area contributed by atoms with Gasteiger partial charge >= 0.3 is 0 Å². The topological polar surface area (TPSA) is 96.0 Å². The molecule has 0 bridgehead atoms. The fraction of sp³-hybridized carbons (Fsp3) is 0.500. The average Bonchev–Trinajstić information content (AvgIpc) is 3.20. The lowest BCUT2D eigenvalue weighted by molar-refractivity contribution is -0.126. The summed E-state index contributed by atoms with van der Waals surface area (Å²) >= 11 is 0. The number of aromatic amines is 1. The molecule has 0 spiro atoms. The molecule has 0 aliphatic carbocycles. The van der Waals surface area contributed by atoms with Crippen LogP contribution < -0.4 is 10.2 Å². The molecular formula is C16H22N6O2. The van der Waals surface area contributed by atoms with Crippen molar-refractivity contribution in [3.8, 4) is 0 Å². The molecule has 24 heavy (non-hydrogen) atoms. The summed E-state index contributed by atoms with van der Waals surface area (Å²) in [5, 5.41) is 9.86. The maximum absolute atomic E-state index is 12.7. The molecule has 2 aromatic rings. The number of ether oxygens (including phenoxy) is 1. The molecule has 128 valence electrons. The Balaban J connectivity index is 1.65. The number of anilines is 1. The maximum Gasteiger partial charge on any atom is 0.225 e. The third-order valence-electron chi connectivity index (χ3n) is 4.42. The van der Waals surface area contributed by atoms with Crippen LogP contribution in [0.5, 0.6) is 0 Å². The van der Waals surface area contributed by atoms with Gasteiger partial charge in [-0.25, -0.2) is 4.98 Å². The molecular weight excluding hydrogens is 308 g/mol. The van der Waals surface area contributed by atoms with Crippen molar-refractivity contribution in [2.24, 2.45) is 11.8 Å². The van der Waals surface area contributed by atoms with Crippen LogP contribution in [0.3, 0.4) is 0 Å². The normalized spacial score (nSPS) is 20.3. The molecule has 1 aliphatic heterocycles. The molecule has 1 amide bonds. The fourth-order valence-corrected chi connectivity index (χ4v) is 3.06. The van der Waals surface area contributed by atoms with Crippen molar-refractivity contribution in [1.82, 2.24) is 25.5 Å². The zero-order valence-corrected chi connectivity index (χ0v) is 13.9. The minimum Gasteiger partial charge on any atom is -0.384 e. The molecule has 0 saturated carbocycles. The number of nitrogens with zero attached hydrogens (tertiary/aromatic N) is 4. The highest BCUT2D eigenvalue weighted by Crippen LogP contribution is 2.27. The van der Waals surface area contributed by atoms with Gasteiger partial charge in [0.1, 0.15) is 5.82 Å². The number of nitrogens with one attached hydrogen (secondary N) is 2. The third kappa shape index (κ3) is 3.53. The van der Waals surface area contributed by atoms with Gasteiger partial charge < -0.3 is 15.0 Å². The van der Waals surface area contributed by atoms with Gasteiger partial charge in [-0.3, -0.25) is 14.9 Å². The van der Waals surface area contributed by atoms with E-state index >= 15 is 0 Å². The number of methoxy groups -OCH3 is 1. The van der Waals surface area contributed by atoms with Gasteiger partial charge in [-0.05, 0) is 6.92 Å². The zero-order chi connectivity index (χ0) is 16.9. The molecule has 1 aliphatic rings. The molecule has 0 aromatic carbocycles. The first-order valence-corrected chi connectivity index (χ1v) is 7.95. The van der Waals surface area contributed by atoms with Crippen LogP contribution in [0.25, 0.3) is 0 Å². The van der Waals surface area contributed by atoms with E-state index in [1.807, 2.05) is 6.92 Å². The molecule has 2 aromatic heterocycles. The molecule has 2 atom stereocenters. The highest BCUT2D eigenvalue weighted by molar-refractivity contribution is 5.80. The van der Waals surface area contributed by atoms with Crippen LogP contribution in [0, 0.1) is 18.8 Å². The Morgan fingerprint density at radius 3 is 2.96 bits per heavy atom. The Hall–Kier alpha value is -2.48. The van der Waals surface area contributed by atoms with E-state index < -0.39 is 0 Å². The lowest BCUT2D eigenvalue weighted by Crippen LogP contribution is -2.36. The summed E-state index contributed by atoms with van der Waals surface area (Å²) in [6.07, 6.45) is 6.77. The van der Waals surface area contributed by atoms with E-state index in [0.717, 1.165) is 23.6 Å². The van der Waals surface area contributed by atoms with Crippen LogP contribution >= 0.6 is 0 Å². The average molecular weight is 330 g/mol. The smallest absolute Gasteiger partial charge is 0.225 e. The Kier molecular flexibility index (Phi) is 5.05. The van der Waals surface area contributed by atoms with Crippen molar-refractivity contribution in [3.63, 3.8) is 0 Å². The van der Waals surface area contributed by atoms with Gasteiger partial charge in [0, 0.05) is 56.3 Å². The molecule has 1 saturated heterocycles. The van der Waals surface area contributed by atoms with Gasteiger partial charge in [0.25, 0.3) is 0 Å². The van der Waals surface area contributed by atoms with Gasteiger partial charge in [-0.2, -0.15) is 5.10 Å². The van der Waals surface area contributed by atoms with Crippen LogP contribution in [0.2, 0.25) is 0 Å². The van der Waals surface area contributed by atoms with E-state index in [1.54, 1.807) is 31.9 Å². The molecule has 8 nitrogen and oxygen atoms in total. The third-order valence-corrected chi connectivity index (χ3v) is 4.42. The predicted octanol–water partition coefficient (Wildman–Crippen LogP) is 0.523. The van der Waals surface area contributed by atoms with E-state index in [2.05, 4.69) is 30.4 Å². The summed E-state index contributed by atoms with van der Waals surface area (Å²) < 4.78 is 5.30. The highest BCUT2D eigenvalue weighted by atomic mass is 16.5. The van der Waals surface area contributed by atoms with E-state index in [-0.39, 0.29) is 17.7 Å². The zero-order valence-electron chi connectivity index (χ0n) is 13.9. The Morgan fingerprint density at radius 1 is 1.42 bits per heavy atom. The van der Waals surface area contributed by atoms with Gasteiger partial charge in [0.15, 0.2) is 0 Å². The standard InChI is InChI=1S/C16H22N6O2/c1-11-12(6-20-21-11)5-19-16(23)14-9-22(8-13(14)10-24-2)15-7-17-3-4-18-15/h3-4,6-7,13-14H,5,8-10H2,1-2H3,(H,19,23)(H,20,21)/t13-,14+/m0/s1. The lowest BCUT2D eigenvalue weighted by Gasteiger charge is -2.16. The first-order chi connectivity index (χ1) is 11.7. The number of H-pyrrole nitrogens is 1. The van der Waals surface area contributed by atoms with Crippen molar-refractivity contribution in [2.75, 3.05) is 31.7 Å². The largest absolute Gasteiger partial charge is 0.384 e. The summed E-state index contributed by atoms with van der Waals surface area (Å²) in [6, 6.07) is 0. The summed E-state index contributed by atoms with van der Waals surface area (Å²) in [5.74, 6) is 0.810. The van der Waals surface area contributed by atoms with Gasteiger partial charge in [-0.15, -0.1) is 0 Å². The number of carbonyl (C=O) groups excluding carboxylic acids is 1.